The fourth-order valence-corrected chi connectivity index (χ4v) is 1.86. The molecule has 0 aliphatic heterocycles. The topological polar surface area (TPSA) is 156 Å². The van der Waals surface area contributed by atoms with Crippen LogP contribution in [0.2, 0.25) is 0 Å². The monoisotopic (exact) mass is 320 g/mol. The maximum absolute atomic E-state index is 10.6. The van der Waals surface area contributed by atoms with Gasteiger partial charge in [0.1, 0.15) is 0 Å². The molecule has 22 heavy (non-hydrogen) atoms. The Morgan fingerprint density at radius 1 is 0.545 bits per heavy atom. The smallest absolute Gasteiger partial charge is 0.317 e. The Labute approximate surface area is 126 Å². The number of hydrogen-bond donors (Lipinski definition) is 4. The Morgan fingerprint density at radius 2 is 0.773 bits per heavy atom. The second-order valence-corrected chi connectivity index (χ2v) is 4.70. The number of unbranched alkanes of at least 4 members (excludes halogenated alkanes) is 1. The second-order valence-electron chi connectivity index (χ2n) is 4.70. The average molecular weight is 320 g/mol. The molecule has 0 aromatic rings. The first-order valence-electron chi connectivity index (χ1n) is 6.52. The molecule has 0 rings (SSSR count). The molecule has 0 bridgehead atoms. The molecule has 0 aliphatic rings. The van der Waals surface area contributed by atoms with Crippen molar-refractivity contribution in [1.82, 2.24) is 9.80 Å². The van der Waals surface area contributed by atoms with Crippen molar-refractivity contribution in [3.63, 3.8) is 0 Å². The van der Waals surface area contributed by atoms with Crippen LogP contribution in [0.3, 0.4) is 0 Å². The average Bonchev–Trinajstić information content (AvgIpc) is 2.31. The van der Waals surface area contributed by atoms with Gasteiger partial charge >= 0.3 is 23.9 Å². The molecule has 0 atom stereocenters. The van der Waals surface area contributed by atoms with Gasteiger partial charge in [0.25, 0.3) is 0 Å². The molecule has 0 aliphatic carbocycles. The van der Waals surface area contributed by atoms with Crippen molar-refractivity contribution < 1.29 is 39.6 Å². The highest BCUT2D eigenvalue weighted by atomic mass is 16.4. The van der Waals surface area contributed by atoms with Gasteiger partial charge < -0.3 is 20.4 Å². The van der Waals surface area contributed by atoms with Crippen LogP contribution in [0.4, 0.5) is 0 Å². The number of aliphatic carboxylic acids is 4. The summed E-state index contributed by atoms with van der Waals surface area (Å²) in [6.07, 6.45) is 0.854. The first kappa shape index (κ1) is 19.8. The van der Waals surface area contributed by atoms with Crippen LogP contribution in [0.25, 0.3) is 0 Å². The van der Waals surface area contributed by atoms with Crippen LogP contribution in [0.1, 0.15) is 12.8 Å². The molecule has 0 saturated heterocycles. The highest BCUT2D eigenvalue weighted by Crippen LogP contribution is 1.99. The Balaban J connectivity index is 4.20. The molecule has 10 nitrogen and oxygen atoms in total. The summed E-state index contributed by atoms with van der Waals surface area (Å²) in [6.45, 7) is -1.18. The van der Waals surface area contributed by atoms with Gasteiger partial charge in [-0.3, -0.25) is 29.0 Å². The molecule has 0 radical (unpaired) electrons. The van der Waals surface area contributed by atoms with Crippen molar-refractivity contribution >= 4 is 23.9 Å². The van der Waals surface area contributed by atoms with Crippen molar-refractivity contribution in [3.8, 4) is 0 Å². The van der Waals surface area contributed by atoms with E-state index in [0.29, 0.717) is 12.8 Å². The summed E-state index contributed by atoms with van der Waals surface area (Å²) in [6, 6.07) is 0. The molecular formula is C12H20N2O8. The molecule has 0 unspecified atom stereocenters. The first-order valence-corrected chi connectivity index (χ1v) is 6.52. The van der Waals surface area contributed by atoms with Gasteiger partial charge in [0.2, 0.25) is 0 Å². The Morgan fingerprint density at radius 3 is 0.955 bits per heavy atom. The lowest BCUT2D eigenvalue weighted by atomic mass is 10.2. The van der Waals surface area contributed by atoms with Crippen LogP contribution in [-0.2, 0) is 19.2 Å². The van der Waals surface area contributed by atoms with E-state index in [9.17, 15) is 19.2 Å². The van der Waals surface area contributed by atoms with E-state index < -0.39 is 50.1 Å². The van der Waals surface area contributed by atoms with Crippen molar-refractivity contribution in [1.29, 1.82) is 0 Å². The summed E-state index contributed by atoms with van der Waals surface area (Å²) in [5.74, 6) is -4.56. The Hall–Kier alpha value is -2.20. The molecule has 4 N–H and O–H groups in total. The largest absolute Gasteiger partial charge is 0.480 e. The lowest BCUT2D eigenvalue weighted by Gasteiger charge is -2.20. The minimum atomic E-state index is -1.14. The number of nitrogens with zero attached hydrogens (tertiary/aromatic N) is 2. The number of carbonyl (C=O) groups is 4. The Bertz CT molecular complexity index is 342. The summed E-state index contributed by atoms with van der Waals surface area (Å²) in [7, 11) is 0. The minimum Gasteiger partial charge on any atom is -0.480 e. The molecule has 126 valence electrons. The molecule has 0 saturated carbocycles. The van der Waals surface area contributed by atoms with E-state index >= 15 is 0 Å². The number of carboxylic acids is 4. The second kappa shape index (κ2) is 10.5. The van der Waals surface area contributed by atoms with Gasteiger partial charge in [-0.15, -0.1) is 0 Å². The molecule has 0 aromatic heterocycles. The van der Waals surface area contributed by atoms with Crippen LogP contribution in [0.5, 0.6) is 0 Å². The number of carboxylic acid groups (broad SMARTS) is 4. The maximum Gasteiger partial charge on any atom is 0.317 e. The van der Waals surface area contributed by atoms with E-state index in [-0.39, 0.29) is 13.1 Å². The van der Waals surface area contributed by atoms with E-state index in [1.165, 1.54) is 9.80 Å². The predicted octanol–water partition coefficient (Wildman–Crippen LogP) is -1.29. The van der Waals surface area contributed by atoms with Crippen molar-refractivity contribution in [2.45, 2.75) is 12.8 Å². The predicted molar refractivity (Wildman–Crippen MR) is 72.7 cm³/mol. The number of hydrogen-bond acceptors (Lipinski definition) is 6. The quantitative estimate of drug-likeness (QED) is 0.301. The van der Waals surface area contributed by atoms with Crippen molar-refractivity contribution in [2.24, 2.45) is 0 Å². The van der Waals surface area contributed by atoms with E-state index in [4.69, 9.17) is 20.4 Å². The highest BCUT2D eigenvalue weighted by Gasteiger charge is 2.15. The molecule has 0 fully saturated rings. The Kier molecular flexibility index (Phi) is 9.46. The zero-order valence-corrected chi connectivity index (χ0v) is 12.0. The fraction of sp³-hybridized carbons (Fsp3) is 0.667. The van der Waals surface area contributed by atoms with Gasteiger partial charge in [-0.2, -0.15) is 0 Å². The highest BCUT2D eigenvalue weighted by molar-refractivity contribution is 5.73. The van der Waals surface area contributed by atoms with Gasteiger partial charge in [-0.05, 0) is 25.9 Å². The van der Waals surface area contributed by atoms with E-state index in [1.54, 1.807) is 0 Å². The van der Waals surface area contributed by atoms with Gasteiger partial charge in [-0.25, -0.2) is 0 Å². The van der Waals surface area contributed by atoms with Crippen LogP contribution in [-0.4, -0.2) is 93.4 Å². The van der Waals surface area contributed by atoms with Crippen LogP contribution in [0, 0.1) is 0 Å². The molecule has 0 amide bonds. The summed E-state index contributed by atoms with van der Waals surface area (Å²) in [5, 5.41) is 34.7. The number of rotatable bonds is 13. The van der Waals surface area contributed by atoms with Gasteiger partial charge in [0.15, 0.2) is 0 Å². The van der Waals surface area contributed by atoms with Gasteiger partial charge in [0.05, 0.1) is 26.2 Å². The van der Waals surface area contributed by atoms with Gasteiger partial charge in [-0.1, -0.05) is 0 Å². The molecule has 10 heteroatoms. The van der Waals surface area contributed by atoms with E-state index in [1.807, 2.05) is 0 Å². The lowest BCUT2D eigenvalue weighted by molar-refractivity contribution is -0.144. The van der Waals surface area contributed by atoms with Crippen molar-refractivity contribution in [3.05, 3.63) is 0 Å². The fourth-order valence-electron chi connectivity index (χ4n) is 1.86. The summed E-state index contributed by atoms with van der Waals surface area (Å²) >= 11 is 0. The standard InChI is InChI=1S/C12H20N2O8/c15-9(16)5-13(6-10(17)18)3-1-2-4-14(7-11(19)20)8-12(21)22/h1-8H2,(H,15,16)(H,17,18)(H,19,20)(H,21,22). The third-order valence-electron chi connectivity index (χ3n) is 2.63. The molecule has 0 heterocycles. The summed E-state index contributed by atoms with van der Waals surface area (Å²) in [5.41, 5.74) is 0. The molecule has 0 spiro atoms. The molecular weight excluding hydrogens is 300 g/mol. The van der Waals surface area contributed by atoms with Crippen LogP contribution >= 0.6 is 0 Å². The van der Waals surface area contributed by atoms with E-state index in [0.717, 1.165) is 0 Å². The van der Waals surface area contributed by atoms with Gasteiger partial charge in [0, 0.05) is 0 Å². The zero-order chi connectivity index (χ0) is 17.1. The first-order chi connectivity index (χ1) is 10.2. The summed E-state index contributed by atoms with van der Waals surface area (Å²) < 4.78 is 0. The third kappa shape index (κ3) is 11.6. The minimum absolute atomic E-state index is 0.215. The third-order valence-corrected chi connectivity index (χ3v) is 2.63. The van der Waals surface area contributed by atoms with Crippen LogP contribution in [0.15, 0.2) is 0 Å². The summed E-state index contributed by atoms with van der Waals surface area (Å²) in [4.78, 5) is 44.9. The maximum atomic E-state index is 10.6. The SMILES string of the molecule is O=C(O)CN(CCCCN(CC(=O)O)CC(=O)O)CC(=O)O. The normalized spacial score (nSPS) is 10.8. The van der Waals surface area contributed by atoms with E-state index in [2.05, 4.69) is 0 Å². The van der Waals surface area contributed by atoms with Crippen LogP contribution < -0.4 is 0 Å². The molecule has 0 aromatic carbocycles. The lowest BCUT2D eigenvalue weighted by Crippen LogP contribution is -2.37. The van der Waals surface area contributed by atoms with Crippen molar-refractivity contribution in [2.75, 3.05) is 39.3 Å². The zero-order valence-electron chi connectivity index (χ0n) is 12.0.